The number of allylic oxidation sites excluding steroid dienone is 3. The lowest BCUT2D eigenvalue weighted by molar-refractivity contribution is -0.158. The van der Waals surface area contributed by atoms with E-state index in [0.717, 1.165) is 24.8 Å². The summed E-state index contributed by atoms with van der Waals surface area (Å²) in [5.74, 6) is -6.47. The van der Waals surface area contributed by atoms with Crippen molar-refractivity contribution in [2.24, 2.45) is 17.6 Å². The van der Waals surface area contributed by atoms with Crippen LogP contribution < -0.4 is 42.0 Å². The highest BCUT2D eigenvalue weighted by atomic mass is 79.9. The molecule has 508 valence electrons. The van der Waals surface area contributed by atoms with Gasteiger partial charge in [0.1, 0.15) is 58.7 Å². The normalized spacial score (nSPS) is 24.1. The minimum absolute atomic E-state index is 0.0428. The van der Waals surface area contributed by atoms with Crippen LogP contribution in [0.15, 0.2) is 66.3 Å². The Labute approximate surface area is 546 Å². The molecule has 0 aromatic heterocycles. The number of aliphatic hydroxyl groups is 1. The Hall–Kier alpha value is -7.11. The summed E-state index contributed by atoms with van der Waals surface area (Å²) in [7, 11) is 5.26. The molecule has 29 heteroatoms. The molecule has 24 nitrogen and oxygen atoms in total. The van der Waals surface area contributed by atoms with Gasteiger partial charge in [-0.15, -0.1) is 0 Å². The lowest BCUT2D eigenvalue weighted by Crippen LogP contribution is -2.63. The van der Waals surface area contributed by atoms with Gasteiger partial charge in [-0.3, -0.25) is 29.8 Å². The van der Waals surface area contributed by atoms with Gasteiger partial charge in [0, 0.05) is 56.7 Å². The quantitative estimate of drug-likeness (QED) is 0.00972. The molecular weight excluding hydrogens is 1300 g/mol. The van der Waals surface area contributed by atoms with Crippen molar-refractivity contribution in [2.75, 3.05) is 50.4 Å². The van der Waals surface area contributed by atoms with Gasteiger partial charge in [0.05, 0.1) is 48.5 Å². The number of aldehydes is 1. The maximum Gasteiger partial charge on any atom is 0.417 e. The number of rotatable bonds is 25. The lowest BCUT2D eigenvalue weighted by atomic mass is 9.83. The Morgan fingerprint density at radius 2 is 1.75 bits per heavy atom. The zero-order valence-corrected chi connectivity index (χ0v) is 56.0. The number of esters is 2. The van der Waals surface area contributed by atoms with Crippen LogP contribution in [0.4, 0.5) is 34.1 Å². The molecule has 0 spiro atoms. The SMILES string of the molecule is C=C(CBr)C(=O)OC(C)(C)CCCC(C=O)N[C@H](C(=O)N[C@@H](CCCNC(N)=O)C(=O)Nc1ccc(C(=O)N(C)[C@@H](C)C(=O)O[C@H]2CC(=O)N(C)c3cc(cc(OC)c3Cl)C/C(C)=C/C=C/[C@@H](OC)[C@@]3(O)C[C@H](OC(=O)N3)[C@@H](C)[C@@H]3O[C@@]23C)c(C(F)(F)F)c1)C(C)C. The van der Waals surface area contributed by atoms with Crippen molar-refractivity contribution in [3.63, 3.8) is 0 Å². The van der Waals surface area contributed by atoms with Crippen LogP contribution in [0.2, 0.25) is 5.02 Å². The number of carbonyl (C=O) groups excluding carboxylic acids is 9. The number of alkyl halides is 4. The molecule has 0 aliphatic carbocycles. The molecule has 7 amide bonds. The van der Waals surface area contributed by atoms with Crippen molar-refractivity contribution in [2.45, 2.75) is 178 Å². The Kier molecular flexibility index (Phi) is 26.4. The summed E-state index contributed by atoms with van der Waals surface area (Å²) in [4.78, 5) is 123. The molecule has 5 rings (SSSR count). The van der Waals surface area contributed by atoms with E-state index in [4.69, 9.17) is 45.8 Å². The highest BCUT2D eigenvalue weighted by Gasteiger charge is 2.64. The number of methoxy groups -OCH3 is 2. The van der Waals surface area contributed by atoms with Gasteiger partial charge < -0.3 is 69.8 Å². The minimum atomic E-state index is -5.25. The van der Waals surface area contributed by atoms with E-state index >= 15 is 13.2 Å². The van der Waals surface area contributed by atoms with Gasteiger partial charge in [0.25, 0.3) is 5.91 Å². The van der Waals surface area contributed by atoms with E-state index in [-0.39, 0.29) is 59.6 Å². The summed E-state index contributed by atoms with van der Waals surface area (Å²) in [6.45, 7) is 16.6. The average molecular weight is 1380 g/mol. The number of urea groups is 1. The number of likely N-dealkylation sites (N-methyl/N-ethyl adjacent to an activating group) is 1. The maximum absolute atomic E-state index is 15.2. The van der Waals surface area contributed by atoms with Crippen molar-refractivity contribution < 1.29 is 89.8 Å². The standard InChI is InChI=1S/C63H85BrClF3N8O16/c1-33(2)51(71-40(32-77)18-15-23-60(7,8)92-56(82)35(4)31-64)54(80)73-43(19-16-24-70-58(69)84)53(79)72-39-21-22-41(42(28-39)63(66,67)68)55(81)75(10)37(6)57(83)90-48-29-49(78)76(11)44-26-38(27-45(87-12)50(44)65)25-34(3)17-14-20-47(88-13)62(86)30-46(89-59(85)74-62)36(5)52-61(48,9)91-52/h14,17,20-22,26-28,32-33,36-37,40,43,46-48,51-52,71,86H,4,15-16,18-19,23-25,29-31H2,1-3,5-13H3,(H,72,79)(H,73,80)(H,74,85)(H3,69,70,84)/b20-14+,34-17+/t36-,37+,40?,43+,46+,47-,48+,51+,52+,61+,62+/m1/s1. The first kappa shape index (κ1) is 75.6. The van der Waals surface area contributed by atoms with Crippen LogP contribution in [0.3, 0.4) is 0 Å². The smallest absolute Gasteiger partial charge is 0.417 e. The highest BCUT2D eigenvalue weighted by Crippen LogP contribution is 2.49. The average Bonchev–Trinajstić information content (AvgIpc) is 1.56. The first-order chi connectivity index (χ1) is 42.9. The van der Waals surface area contributed by atoms with Crippen LogP contribution in [0.5, 0.6) is 5.75 Å². The van der Waals surface area contributed by atoms with Gasteiger partial charge in [0.2, 0.25) is 17.7 Å². The molecule has 0 saturated carbocycles. The number of halogens is 5. The van der Waals surface area contributed by atoms with Crippen molar-refractivity contribution >= 4 is 92.9 Å². The number of epoxide rings is 1. The monoisotopic (exact) mass is 1380 g/mol. The molecule has 0 radical (unpaired) electrons. The number of benzene rings is 2. The van der Waals surface area contributed by atoms with Crippen LogP contribution in [-0.2, 0) is 65.0 Å². The number of ether oxygens (including phenoxy) is 6. The molecule has 2 aromatic rings. The fraction of sp³-hybridized carbons (Fsp3) is 0.571. The van der Waals surface area contributed by atoms with E-state index in [9.17, 15) is 48.3 Å². The van der Waals surface area contributed by atoms with Crippen LogP contribution in [-0.4, -0.2) is 170 Å². The third kappa shape index (κ3) is 19.7. The van der Waals surface area contributed by atoms with Crippen molar-refractivity contribution in [3.8, 4) is 5.75 Å². The van der Waals surface area contributed by atoms with Gasteiger partial charge in [-0.1, -0.05) is 78.7 Å². The molecule has 3 aliphatic heterocycles. The van der Waals surface area contributed by atoms with Gasteiger partial charge in [0.15, 0.2) is 5.72 Å². The topological polar surface area (TPSA) is 325 Å². The number of primary amides is 1. The minimum Gasteiger partial charge on any atom is -0.495 e. The number of fused-ring (bicyclic) bond motifs is 5. The van der Waals surface area contributed by atoms with E-state index in [1.807, 2.05) is 6.92 Å². The third-order valence-electron chi connectivity index (χ3n) is 16.5. The number of nitrogens with zero attached hydrogens (tertiary/aromatic N) is 2. The number of hydrogen-bond donors (Lipinski definition) is 7. The maximum atomic E-state index is 15.2. The van der Waals surface area contributed by atoms with Crippen molar-refractivity contribution in [1.29, 1.82) is 0 Å². The number of anilines is 2. The van der Waals surface area contributed by atoms with E-state index in [0.29, 0.717) is 42.1 Å². The molecule has 8 N–H and O–H groups in total. The molecule has 2 saturated heterocycles. The second-order valence-corrected chi connectivity index (χ2v) is 25.4. The number of hydrogen-bond acceptors (Lipinski definition) is 17. The van der Waals surface area contributed by atoms with E-state index in [1.54, 1.807) is 71.9 Å². The summed E-state index contributed by atoms with van der Waals surface area (Å²) in [5, 5.41) is 25.1. The van der Waals surface area contributed by atoms with Gasteiger partial charge in [-0.25, -0.2) is 19.2 Å². The Morgan fingerprint density at radius 3 is 2.36 bits per heavy atom. The van der Waals surface area contributed by atoms with Crippen LogP contribution in [0, 0.1) is 11.8 Å². The third-order valence-corrected chi connectivity index (χ3v) is 17.6. The molecule has 3 aliphatic rings. The van der Waals surface area contributed by atoms with Crippen LogP contribution in [0.25, 0.3) is 0 Å². The molecule has 11 atom stereocenters. The molecular formula is C63H85BrClF3N8O16. The van der Waals surface area contributed by atoms with Crippen molar-refractivity contribution in [1.82, 2.24) is 26.2 Å². The largest absolute Gasteiger partial charge is 0.495 e. The number of nitrogens with two attached hydrogens (primary N) is 1. The summed E-state index contributed by atoms with van der Waals surface area (Å²) >= 11 is 9.99. The first-order valence-corrected chi connectivity index (χ1v) is 31.3. The van der Waals surface area contributed by atoms with Crippen molar-refractivity contribution in [3.05, 3.63) is 88.0 Å². The van der Waals surface area contributed by atoms with Gasteiger partial charge in [-0.2, -0.15) is 13.2 Å². The predicted molar refractivity (Wildman–Crippen MR) is 338 cm³/mol. The Balaban J connectivity index is 1.40. The molecule has 2 fully saturated rings. The molecule has 3 heterocycles. The lowest BCUT2D eigenvalue weighted by Gasteiger charge is -2.42. The summed E-state index contributed by atoms with van der Waals surface area (Å²) < 4.78 is 80.3. The summed E-state index contributed by atoms with van der Waals surface area (Å²) in [6.07, 6.45) is -4.83. The van der Waals surface area contributed by atoms with E-state index < -0.39 is 154 Å². The number of carbonyl (C=O) groups is 9. The molecule has 2 aromatic carbocycles. The Morgan fingerprint density at radius 1 is 1.07 bits per heavy atom. The second-order valence-electron chi connectivity index (χ2n) is 24.5. The predicted octanol–water partition coefficient (Wildman–Crippen LogP) is 7.34. The van der Waals surface area contributed by atoms with E-state index in [1.165, 1.54) is 33.1 Å². The first-order valence-electron chi connectivity index (χ1n) is 29.8. The molecule has 92 heavy (non-hydrogen) atoms. The number of amides is 7. The Bertz CT molecular complexity index is 3150. The molecule has 4 bridgehead atoms. The summed E-state index contributed by atoms with van der Waals surface area (Å²) in [5.41, 5.74) is -0.219. The highest BCUT2D eigenvalue weighted by molar-refractivity contribution is 9.09. The second kappa shape index (κ2) is 32.2. The van der Waals surface area contributed by atoms with Gasteiger partial charge in [-0.05, 0) is 115 Å². The van der Waals surface area contributed by atoms with Crippen LogP contribution in [0.1, 0.15) is 122 Å². The summed E-state index contributed by atoms with van der Waals surface area (Å²) in [6, 6.07) is -0.270. The fourth-order valence-electron chi connectivity index (χ4n) is 10.9. The van der Waals surface area contributed by atoms with Crippen LogP contribution >= 0.6 is 27.5 Å². The van der Waals surface area contributed by atoms with E-state index in [2.05, 4.69) is 49.1 Å². The zero-order chi connectivity index (χ0) is 69.0. The molecule has 1 unspecified atom stereocenters. The number of nitrogens with one attached hydrogen (secondary N) is 5. The van der Waals surface area contributed by atoms with Gasteiger partial charge >= 0.3 is 30.2 Å². The fourth-order valence-corrected chi connectivity index (χ4v) is 11.4. The zero-order valence-electron chi connectivity index (χ0n) is 53.7. The number of alkyl carbamates (subject to hydrolysis) is 1.